The molecule has 0 unspecified atom stereocenters. The molecular formula is C19H12BrF7N4O. The Morgan fingerprint density at radius 3 is 2.38 bits per heavy atom. The number of nitrogens with zero attached hydrogens (tertiary/aromatic N) is 3. The summed E-state index contributed by atoms with van der Waals surface area (Å²) >= 11 is 2.91. The Hall–Kier alpha value is -2.96. The van der Waals surface area contributed by atoms with Crippen molar-refractivity contribution in [3.8, 4) is 11.6 Å². The molecule has 0 aliphatic heterocycles. The zero-order valence-corrected chi connectivity index (χ0v) is 17.3. The predicted molar refractivity (Wildman–Crippen MR) is 103 cm³/mol. The van der Waals surface area contributed by atoms with E-state index >= 15 is 0 Å². The number of rotatable bonds is 4. The van der Waals surface area contributed by atoms with E-state index in [1.807, 2.05) is 0 Å². The largest absolute Gasteiger partial charge is 0.449 e. The van der Waals surface area contributed by atoms with E-state index < -0.39 is 24.2 Å². The topological polar surface area (TPSA) is 67.6 Å². The molecule has 0 fully saturated rings. The standard InChI is InChI=1S/C18H11BrF4N4O.CHF3/c19-13-6-2-9(7-12(13)18(21,22)23)1-3-10-4-5-11-8-14(17-24-26-27-25-17)28-16(11)15(10)20;2-1(3)4/h2,4-8H,1,3H2,(H,24,25,26,27);1H. The van der Waals surface area contributed by atoms with Crippen LogP contribution < -0.4 is 0 Å². The highest BCUT2D eigenvalue weighted by atomic mass is 79.9. The molecule has 170 valence electrons. The van der Waals surface area contributed by atoms with Gasteiger partial charge in [0.25, 0.3) is 0 Å². The first-order valence-corrected chi connectivity index (χ1v) is 9.58. The van der Waals surface area contributed by atoms with Crippen molar-refractivity contribution in [3.05, 3.63) is 63.4 Å². The minimum Gasteiger partial charge on any atom is -0.449 e. The number of benzene rings is 2. The second-order valence-electron chi connectivity index (χ2n) is 6.36. The van der Waals surface area contributed by atoms with Crippen molar-refractivity contribution < 1.29 is 35.2 Å². The van der Waals surface area contributed by atoms with Gasteiger partial charge < -0.3 is 4.42 Å². The molecule has 0 amide bonds. The van der Waals surface area contributed by atoms with Gasteiger partial charge >= 0.3 is 12.9 Å². The molecular weight excluding hydrogens is 513 g/mol. The number of aryl methyl sites for hydroxylation is 2. The number of nitrogens with one attached hydrogen (secondary N) is 1. The monoisotopic (exact) mass is 524 g/mol. The summed E-state index contributed by atoms with van der Waals surface area (Å²) in [5.74, 6) is -0.0883. The van der Waals surface area contributed by atoms with Crippen molar-refractivity contribution in [1.82, 2.24) is 20.6 Å². The van der Waals surface area contributed by atoms with Gasteiger partial charge in [-0.1, -0.05) is 34.1 Å². The Kier molecular flexibility index (Phi) is 7.16. The zero-order valence-electron chi connectivity index (χ0n) is 15.7. The fraction of sp³-hybridized carbons (Fsp3) is 0.211. The molecule has 13 heteroatoms. The fourth-order valence-electron chi connectivity index (χ4n) is 2.90. The highest BCUT2D eigenvalue weighted by Gasteiger charge is 2.33. The third-order valence-electron chi connectivity index (χ3n) is 4.29. The van der Waals surface area contributed by atoms with Crippen LogP contribution in [0.4, 0.5) is 30.7 Å². The smallest absolute Gasteiger partial charge is 0.417 e. The molecule has 0 aliphatic rings. The maximum atomic E-state index is 14.8. The summed E-state index contributed by atoms with van der Waals surface area (Å²) in [6, 6.07) is 8.87. The lowest BCUT2D eigenvalue weighted by molar-refractivity contribution is -0.138. The van der Waals surface area contributed by atoms with Crippen LogP contribution in [0.3, 0.4) is 0 Å². The van der Waals surface area contributed by atoms with Gasteiger partial charge in [0.05, 0.1) is 5.56 Å². The first kappa shape index (κ1) is 23.7. The molecule has 0 atom stereocenters. The zero-order chi connectivity index (χ0) is 23.5. The van der Waals surface area contributed by atoms with Gasteiger partial charge in [-0.05, 0) is 47.4 Å². The maximum Gasteiger partial charge on any atom is 0.417 e. The van der Waals surface area contributed by atoms with Crippen molar-refractivity contribution >= 4 is 26.9 Å². The molecule has 1 N–H and O–H groups in total. The Balaban J connectivity index is 0.000000668. The van der Waals surface area contributed by atoms with E-state index in [-0.39, 0.29) is 34.5 Å². The first-order valence-electron chi connectivity index (χ1n) is 8.79. The van der Waals surface area contributed by atoms with E-state index in [0.29, 0.717) is 16.5 Å². The van der Waals surface area contributed by atoms with Gasteiger partial charge in [0.15, 0.2) is 17.2 Å². The Morgan fingerprint density at radius 2 is 1.75 bits per heavy atom. The average Bonchev–Trinajstić information content (AvgIpc) is 3.37. The van der Waals surface area contributed by atoms with Crippen molar-refractivity contribution in [3.63, 3.8) is 0 Å². The highest BCUT2D eigenvalue weighted by molar-refractivity contribution is 9.10. The number of halogens is 8. The van der Waals surface area contributed by atoms with E-state index in [0.717, 1.165) is 6.07 Å². The molecule has 32 heavy (non-hydrogen) atoms. The third-order valence-corrected chi connectivity index (χ3v) is 4.98. The van der Waals surface area contributed by atoms with E-state index in [2.05, 4.69) is 36.6 Å². The van der Waals surface area contributed by atoms with Crippen LogP contribution in [0.15, 0.2) is 45.3 Å². The van der Waals surface area contributed by atoms with Crippen LogP contribution in [0.1, 0.15) is 16.7 Å². The second-order valence-corrected chi connectivity index (χ2v) is 7.22. The molecule has 2 heterocycles. The molecule has 0 radical (unpaired) electrons. The number of hydrogen-bond donors (Lipinski definition) is 1. The van der Waals surface area contributed by atoms with E-state index in [1.165, 1.54) is 6.07 Å². The summed E-state index contributed by atoms with van der Waals surface area (Å²) in [5.41, 5.74) is 0.0979. The summed E-state index contributed by atoms with van der Waals surface area (Å²) in [4.78, 5) is 0. The quantitative estimate of drug-likeness (QED) is 0.309. The van der Waals surface area contributed by atoms with Crippen molar-refractivity contribution in [2.24, 2.45) is 0 Å². The molecule has 2 aromatic heterocycles. The number of aromatic nitrogens is 4. The highest BCUT2D eigenvalue weighted by Crippen LogP contribution is 2.36. The van der Waals surface area contributed by atoms with E-state index in [9.17, 15) is 30.7 Å². The Morgan fingerprint density at radius 1 is 1.03 bits per heavy atom. The number of fused-ring (bicyclic) bond motifs is 1. The predicted octanol–water partition coefficient (Wildman–Crippen LogP) is 6.50. The van der Waals surface area contributed by atoms with Crippen LogP contribution in [0, 0.1) is 5.82 Å². The van der Waals surface area contributed by atoms with E-state index in [1.54, 1.807) is 24.3 Å². The maximum absolute atomic E-state index is 14.8. The number of aromatic amines is 1. The van der Waals surface area contributed by atoms with Crippen LogP contribution in [0.25, 0.3) is 22.6 Å². The SMILES string of the molecule is FC(F)F.Fc1c(CCc2ccc(Br)c(C(F)(F)F)c2)ccc2cc(-c3nn[nH]n3)oc12. The Bertz CT molecular complexity index is 1190. The second kappa shape index (κ2) is 9.67. The molecule has 4 rings (SSSR count). The summed E-state index contributed by atoms with van der Waals surface area (Å²) in [5, 5.41) is 13.8. The van der Waals surface area contributed by atoms with Crippen molar-refractivity contribution in [2.75, 3.05) is 0 Å². The minimum absolute atomic E-state index is 0.0269. The summed E-state index contributed by atoms with van der Waals surface area (Å²) in [7, 11) is 0. The number of alkyl halides is 6. The Labute approximate surface area is 183 Å². The number of furan rings is 1. The number of hydrogen-bond acceptors (Lipinski definition) is 4. The van der Waals surface area contributed by atoms with Gasteiger partial charge in [-0.15, -0.1) is 10.2 Å². The molecule has 4 aromatic rings. The van der Waals surface area contributed by atoms with Gasteiger partial charge in [0.1, 0.15) is 0 Å². The van der Waals surface area contributed by atoms with Crippen LogP contribution >= 0.6 is 15.9 Å². The van der Waals surface area contributed by atoms with Gasteiger partial charge in [-0.25, -0.2) is 4.39 Å². The van der Waals surface area contributed by atoms with Gasteiger partial charge in [0, 0.05) is 9.86 Å². The summed E-state index contributed by atoms with van der Waals surface area (Å²) in [6.07, 6.45) is -3.99. The van der Waals surface area contributed by atoms with Crippen LogP contribution in [-0.2, 0) is 19.0 Å². The lowest BCUT2D eigenvalue weighted by atomic mass is 10.0. The van der Waals surface area contributed by atoms with E-state index in [4.69, 9.17) is 4.42 Å². The van der Waals surface area contributed by atoms with Gasteiger partial charge in [0.2, 0.25) is 5.82 Å². The average molecular weight is 525 g/mol. The number of tetrazole rings is 1. The lowest BCUT2D eigenvalue weighted by Gasteiger charge is -2.11. The number of H-pyrrole nitrogens is 1. The molecule has 0 saturated carbocycles. The molecule has 0 spiro atoms. The van der Waals surface area contributed by atoms with Crippen LogP contribution in [0.5, 0.6) is 0 Å². The molecule has 0 bridgehead atoms. The first-order chi connectivity index (χ1) is 15.1. The summed E-state index contributed by atoms with van der Waals surface area (Å²) in [6.45, 7) is -3.67. The minimum atomic E-state index is -4.46. The lowest BCUT2D eigenvalue weighted by Crippen LogP contribution is -2.07. The van der Waals surface area contributed by atoms with Gasteiger partial charge in [-0.2, -0.15) is 31.6 Å². The molecule has 0 aliphatic carbocycles. The fourth-order valence-corrected chi connectivity index (χ4v) is 3.37. The van der Waals surface area contributed by atoms with Gasteiger partial charge in [-0.3, -0.25) is 0 Å². The van der Waals surface area contributed by atoms with Crippen molar-refractivity contribution in [1.29, 1.82) is 0 Å². The van der Waals surface area contributed by atoms with Crippen LogP contribution in [0.2, 0.25) is 0 Å². The summed E-state index contributed by atoms with van der Waals surface area (Å²) < 4.78 is 88.4. The molecule has 2 aromatic carbocycles. The molecule has 0 saturated heterocycles. The normalized spacial score (nSPS) is 11.7. The van der Waals surface area contributed by atoms with Crippen molar-refractivity contribution in [2.45, 2.75) is 25.7 Å². The third kappa shape index (κ3) is 5.64. The van der Waals surface area contributed by atoms with Crippen LogP contribution in [-0.4, -0.2) is 27.3 Å². The molecule has 5 nitrogen and oxygen atoms in total.